The van der Waals surface area contributed by atoms with Gasteiger partial charge in [-0.3, -0.25) is 14.7 Å². The number of ketones is 1. The Bertz CT molecular complexity index is 1310. The first-order chi connectivity index (χ1) is 15.7. The monoisotopic (exact) mass is 424 g/mol. The molecule has 1 aliphatic heterocycles. The van der Waals surface area contributed by atoms with Gasteiger partial charge in [-0.15, -0.1) is 0 Å². The van der Waals surface area contributed by atoms with Gasteiger partial charge >= 0.3 is 0 Å². The van der Waals surface area contributed by atoms with Crippen molar-refractivity contribution in [1.29, 1.82) is 0 Å². The van der Waals surface area contributed by atoms with Crippen LogP contribution in [0.25, 0.3) is 27.3 Å². The molecule has 1 aromatic carbocycles. The van der Waals surface area contributed by atoms with E-state index in [1.165, 1.54) is 6.42 Å². The lowest BCUT2D eigenvalue weighted by molar-refractivity contribution is 0.0916. The second kappa shape index (κ2) is 8.40. The van der Waals surface area contributed by atoms with Gasteiger partial charge in [0.2, 0.25) is 0 Å². The van der Waals surface area contributed by atoms with Crippen LogP contribution >= 0.6 is 0 Å². The van der Waals surface area contributed by atoms with Crippen molar-refractivity contribution in [3.05, 3.63) is 77.9 Å². The molecule has 0 bridgehead atoms. The van der Waals surface area contributed by atoms with Crippen molar-refractivity contribution in [2.45, 2.75) is 26.2 Å². The molecule has 1 saturated heterocycles. The molecule has 0 spiro atoms. The molecule has 0 amide bonds. The summed E-state index contributed by atoms with van der Waals surface area (Å²) >= 11 is 0. The van der Waals surface area contributed by atoms with Crippen molar-refractivity contribution < 1.29 is 4.79 Å². The fraction of sp³-hybridized carbons (Fsp3) is 0.280. The van der Waals surface area contributed by atoms with Crippen molar-refractivity contribution in [2.75, 3.05) is 19.6 Å². The molecule has 0 aliphatic carbocycles. The van der Waals surface area contributed by atoms with E-state index in [1.54, 1.807) is 30.9 Å². The summed E-state index contributed by atoms with van der Waals surface area (Å²) in [5.74, 6) is 0.105. The summed E-state index contributed by atoms with van der Waals surface area (Å²) in [6, 6.07) is 9.48. The summed E-state index contributed by atoms with van der Waals surface area (Å²) in [5, 5.41) is 0. The molecule has 0 N–H and O–H groups in total. The van der Waals surface area contributed by atoms with E-state index in [0.717, 1.165) is 48.5 Å². The van der Waals surface area contributed by atoms with Crippen LogP contribution in [0.15, 0.2) is 55.2 Å². The smallest absolute Gasteiger partial charge is 0.187 e. The second-order valence-electron chi connectivity index (χ2n) is 8.22. The Kier molecular flexibility index (Phi) is 5.29. The Morgan fingerprint density at radius 3 is 2.59 bits per heavy atom. The lowest BCUT2D eigenvalue weighted by Gasteiger charge is -2.25. The zero-order valence-corrected chi connectivity index (χ0v) is 18.0. The molecule has 3 aromatic heterocycles. The SMILES string of the molecule is [C-]#[N+]c1ccc(-n2c(C)c(C(=O)CN3CCCCC3)c3ncc(-n4ccnc4)cc32)cc1. The van der Waals surface area contributed by atoms with Crippen molar-refractivity contribution in [3.63, 3.8) is 0 Å². The molecule has 4 aromatic rings. The van der Waals surface area contributed by atoms with E-state index in [9.17, 15) is 4.79 Å². The molecule has 7 nitrogen and oxygen atoms in total. The number of piperidine rings is 1. The van der Waals surface area contributed by atoms with E-state index in [4.69, 9.17) is 11.6 Å². The number of pyridine rings is 1. The first-order valence-electron chi connectivity index (χ1n) is 10.9. The number of nitrogens with zero attached hydrogens (tertiary/aromatic N) is 6. The van der Waals surface area contributed by atoms with Crippen LogP contribution in [0, 0.1) is 13.5 Å². The third kappa shape index (κ3) is 3.59. The van der Waals surface area contributed by atoms with Crippen LogP contribution in [0.5, 0.6) is 0 Å². The van der Waals surface area contributed by atoms with Gasteiger partial charge < -0.3 is 9.13 Å². The Labute approximate surface area is 186 Å². The predicted molar refractivity (Wildman–Crippen MR) is 124 cm³/mol. The molecule has 32 heavy (non-hydrogen) atoms. The average Bonchev–Trinajstić information content (AvgIpc) is 3.45. The van der Waals surface area contributed by atoms with Gasteiger partial charge in [-0.1, -0.05) is 18.6 Å². The number of likely N-dealkylation sites (tertiary alicyclic amines) is 1. The summed E-state index contributed by atoms with van der Waals surface area (Å²) < 4.78 is 3.97. The standard InChI is InChI=1S/C25H24N6O/c1-18-24(23(32)16-29-11-4-3-5-12-29)25-22(14-21(15-28-25)30-13-10-27-17-30)31(18)20-8-6-19(26-2)7-9-20/h6-10,13-15,17H,3-5,11-12,16H2,1H3. The van der Waals surface area contributed by atoms with Gasteiger partial charge in [-0.05, 0) is 51.1 Å². The Hall–Kier alpha value is -3.76. The summed E-state index contributed by atoms with van der Waals surface area (Å²) in [4.78, 5) is 28.1. The lowest BCUT2D eigenvalue weighted by atomic mass is 10.1. The van der Waals surface area contributed by atoms with Crippen LogP contribution in [0.1, 0.15) is 35.3 Å². The van der Waals surface area contributed by atoms with Crippen molar-refractivity contribution >= 4 is 22.5 Å². The molecule has 4 heterocycles. The number of hydrogen-bond acceptors (Lipinski definition) is 4. The minimum atomic E-state index is 0.105. The maximum atomic E-state index is 13.5. The van der Waals surface area contributed by atoms with Crippen LogP contribution in [-0.4, -0.2) is 49.4 Å². The Morgan fingerprint density at radius 2 is 1.91 bits per heavy atom. The zero-order chi connectivity index (χ0) is 22.1. The number of carbonyl (C=O) groups is 1. The van der Waals surface area contributed by atoms with E-state index < -0.39 is 0 Å². The van der Waals surface area contributed by atoms with E-state index in [2.05, 4.69) is 19.3 Å². The molecular weight excluding hydrogens is 400 g/mol. The van der Waals surface area contributed by atoms with E-state index >= 15 is 0 Å². The minimum Gasteiger partial charge on any atom is -0.312 e. The molecule has 0 unspecified atom stereocenters. The third-order valence-electron chi connectivity index (χ3n) is 6.16. The Morgan fingerprint density at radius 1 is 1.12 bits per heavy atom. The third-order valence-corrected chi connectivity index (χ3v) is 6.16. The molecule has 160 valence electrons. The number of imidazole rings is 1. The van der Waals surface area contributed by atoms with Crippen LogP contribution < -0.4 is 0 Å². The highest BCUT2D eigenvalue weighted by molar-refractivity contribution is 6.09. The fourth-order valence-corrected chi connectivity index (χ4v) is 4.56. The molecule has 7 heteroatoms. The van der Waals surface area contributed by atoms with E-state index in [1.807, 2.05) is 35.9 Å². The normalized spacial score (nSPS) is 14.5. The van der Waals surface area contributed by atoms with Crippen LogP contribution in [0.3, 0.4) is 0 Å². The maximum Gasteiger partial charge on any atom is 0.187 e. The van der Waals surface area contributed by atoms with E-state index in [-0.39, 0.29) is 5.78 Å². The molecule has 0 radical (unpaired) electrons. The summed E-state index contributed by atoms with van der Waals surface area (Å²) in [7, 11) is 0. The molecule has 5 rings (SSSR count). The number of carbonyl (C=O) groups excluding carboxylic acids is 1. The number of aromatic nitrogens is 4. The summed E-state index contributed by atoms with van der Waals surface area (Å²) in [5.41, 5.74) is 5.49. The number of hydrogen-bond donors (Lipinski definition) is 0. The van der Waals surface area contributed by atoms with Crippen LogP contribution in [0.2, 0.25) is 0 Å². The average molecular weight is 425 g/mol. The summed E-state index contributed by atoms with van der Waals surface area (Å²) in [6.07, 6.45) is 10.6. The molecule has 0 saturated carbocycles. The van der Waals surface area contributed by atoms with Crippen LogP contribution in [0.4, 0.5) is 5.69 Å². The fourth-order valence-electron chi connectivity index (χ4n) is 4.56. The molecule has 1 fully saturated rings. The summed E-state index contributed by atoms with van der Waals surface area (Å²) in [6.45, 7) is 11.6. The first-order valence-corrected chi connectivity index (χ1v) is 10.9. The van der Waals surface area contributed by atoms with Gasteiger partial charge in [-0.25, -0.2) is 9.83 Å². The Balaban J connectivity index is 1.65. The van der Waals surface area contributed by atoms with Gasteiger partial charge in [0.1, 0.15) is 0 Å². The second-order valence-corrected chi connectivity index (χ2v) is 8.22. The van der Waals surface area contributed by atoms with Gasteiger partial charge in [-0.2, -0.15) is 0 Å². The largest absolute Gasteiger partial charge is 0.312 e. The highest BCUT2D eigenvalue weighted by atomic mass is 16.1. The number of rotatable bonds is 5. The van der Waals surface area contributed by atoms with Gasteiger partial charge in [0.05, 0.1) is 47.9 Å². The minimum absolute atomic E-state index is 0.105. The lowest BCUT2D eigenvalue weighted by Crippen LogP contribution is -2.34. The maximum absolute atomic E-state index is 13.5. The first kappa shape index (κ1) is 20.2. The van der Waals surface area contributed by atoms with Gasteiger partial charge in [0.25, 0.3) is 0 Å². The zero-order valence-electron chi connectivity index (χ0n) is 18.0. The predicted octanol–water partition coefficient (Wildman–Crippen LogP) is 4.74. The quantitative estimate of drug-likeness (QED) is 0.343. The van der Waals surface area contributed by atoms with Gasteiger partial charge in [0.15, 0.2) is 11.5 Å². The van der Waals surface area contributed by atoms with Crippen LogP contribution in [-0.2, 0) is 0 Å². The number of fused-ring (bicyclic) bond motifs is 1. The van der Waals surface area contributed by atoms with E-state index in [0.29, 0.717) is 23.3 Å². The van der Waals surface area contributed by atoms with Crippen molar-refractivity contribution in [3.8, 4) is 11.4 Å². The molecule has 0 atom stereocenters. The van der Waals surface area contributed by atoms with Crippen molar-refractivity contribution in [1.82, 2.24) is 24.0 Å². The van der Waals surface area contributed by atoms with Crippen molar-refractivity contribution in [2.24, 2.45) is 0 Å². The number of Topliss-reactive ketones (excluding diaryl/α,β-unsaturated/α-hetero) is 1. The van der Waals surface area contributed by atoms with Gasteiger partial charge in [0, 0.05) is 23.8 Å². The highest BCUT2D eigenvalue weighted by Gasteiger charge is 2.24. The molecule has 1 aliphatic rings. The topological polar surface area (TPSA) is 60.3 Å². The highest BCUT2D eigenvalue weighted by Crippen LogP contribution is 2.31. The number of benzene rings is 1. The molecular formula is C25H24N6O.